The van der Waals surface area contributed by atoms with Crippen LogP contribution in [0.5, 0.6) is 0 Å². The molecule has 0 saturated heterocycles. The van der Waals surface area contributed by atoms with Gasteiger partial charge in [-0.25, -0.2) is 0 Å². The molecule has 2 unspecified atom stereocenters. The summed E-state index contributed by atoms with van der Waals surface area (Å²) in [6.07, 6.45) is 0. The van der Waals surface area contributed by atoms with Crippen LogP contribution in [-0.4, -0.2) is 40.7 Å². The summed E-state index contributed by atoms with van der Waals surface area (Å²) in [5.41, 5.74) is 0. The molecule has 0 fully saturated rings. The number of hydrogen-bond acceptors (Lipinski definition) is 1. The Morgan fingerprint density at radius 1 is 2.00 bits per heavy atom. The zero-order valence-corrected chi connectivity index (χ0v) is 9.04. The van der Waals surface area contributed by atoms with Gasteiger partial charge in [-0.3, -0.25) is 0 Å². The normalized spacial score (nSPS) is 10.2. The van der Waals surface area contributed by atoms with Crippen molar-refractivity contribution in [2.24, 2.45) is 0 Å². The molecule has 0 saturated carbocycles. The summed E-state index contributed by atoms with van der Waals surface area (Å²) < 4.78 is -0.531. The standard InChI is InChI=1S/CH2AsO2.H2P.Sb.H/c2-1(3)4;;;/h2H,(H,3,4);1H2;;/q2*-1;+2;. The monoisotopic (exact) mass is 276 g/mol. The molecule has 0 spiro atoms. The maximum atomic E-state index is 9.68. The molecule has 0 heterocycles. The van der Waals surface area contributed by atoms with Gasteiger partial charge in [0.2, 0.25) is 0 Å². The third kappa shape index (κ3) is 5.28. The summed E-state index contributed by atoms with van der Waals surface area (Å²) in [6.45, 7) is 2.57. The quantitative estimate of drug-likeness (QED) is 0.532. The molecule has 5 heteroatoms. The van der Waals surface area contributed by atoms with Gasteiger partial charge in [-0.2, -0.15) is 0 Å². The summed E-state index contributed by atoms with van der Waals surface area (Å²) in [5.74, 6) is 0. The Morgan fingerprint density at radius 3 is 2.50 bits per heavy atom. The van der Waals surface area contributed by atoms with Gasteiger partial charge >= 0.3 is 52.3 Å². The van der Waals surface area contributed by atoms with E-state index in [9.17, 15) is 4.79 Å². The summed E-state index contributed by atoms with van der Waals surface area (Å²) in [7, 11) is 0. The molecule has 2 nitrogen and oxygen atoms in total. The molecule has 0 aromatic heterocycles. The summed E-state index contributed by atoms with van der Waals surface area (Å²) in [5, 5.41) is 8.00. The van der Waals surface area contributed by atoms with Gasteiger partial charge in [0.25, 0.3) is 0 Å². The second kappa shape index (κ2) is 4.44. The van der Waals surface area contributed by atoms with E-state index in [0.717, 1.165) is 0 Å². The molecule has 6 heavy (non-hydrogen) atoms. The Bertz CT molecular complexity index is 57.5. The SMILES string of the molecule is O=C(O)[AsH][SbH][PH2]. The molecule has 0 radical (unpaired) electrons. The fourth-order valence-electron chi connectivity index (χ4n) is 0.0617. The van der Waals surface area contributed by atoms with Gasteiger partial charge in [-0.1, -0.05) is 0 Å². The third-order valence-electron chi connectivity index (χ3n) is 0.179. The topological polar surface area (TPSA) is 37.3 Å². The predicted octanol–water partition coefficient (Wildman–Crippen LogP) is -0.758. The number of rotatable bonds is 2. The van der Waals surface area contributed by atoms with Crippen LogP contribution >= 0.6 is 6.81 Å². The Kier molecular flexibility index (Phi) is 5.38. The van der Waals surface area contributed by atoms with Crippen LogP contribution in [0.15, 0.2) is 0 Å². The molecule has 0 rings (SSSR count). The Hall–Kier alpha value is 1.28. The van der Waals surface area contributed by atoms with Crippen LogP contribution in [0.4, 0.5) is 4.79 Å². The second-order valence-corrected chi connectivity index (χ2v) is 20.7. The first kappa shape index (κ1) is 7.28. The van der Waals surface area contributed by atoms with Crippen molar-refractivity contribution >= 4 is 42.4 Å². The molecule has 0 aliphatic rings. The first-order valence-corrected chi connectivity index (χ1v) is 16.3. The third-order valence-corrected chi connectivity index (χ3v) is 11.3. The molecule has 36 valence electrons. The van der Waals surface area contributed by atoms with E-state index in [1.54, 1.807) is 0 Å². The fraction of sp³-hybridized carbons (Fsp3) is 0. The van der Waals surface area contributed by atoms with E-state index in [1.165, 1.54) is 0 Å². The number of carbonyl (C=O) groups is 1. The molecule has 0 aromatic rings. The van der Waals surface area contributed by atoms with Crippen molar-refractivity contribution in [3.63, 3.8) is 0 Å². The van der Waals surface area contributed by atoms with E-state index in [0.29, 0.717) is 0 Å². The Morgan fingerprint density at radius 2 is 2.50 bits per heavy atom. The minimum absolute atomic E-state index is 0.407. The van der Waals surface area contributed by atoms with Crippen LogP contribution in [-0.2, 0) is 0 Å². The van der Waals surface area contributed by atoms with E-state index in [2.05, 4.69) is 6.81 Å². The first-order valence-electron chi connectivity index (χ1n) is 1.22. The zero-order valence-electron chi connectivity index (χ0n) is 2.93. The van der Waals surface area contributed by atoms with Crippen molar-refractivity contribution in [1.82, 2.24) is 0 Å². The molecular weight excluding hydrogens is 272 g/mol. The van der Waals surface area contributed by atoms with E-state index < -0.39 is 35.6 Å². The van der Waals surface area contributed by atoms with E-state index in [-0.39, 0.29) is 0 Å². The second-order valence-electron chi connectivity index (χ2n) is 0.574. The van der Waals surface area contributed by atoms with Gasteiger partial charge in [-0.15, -0.1) is 0 Å². The van der Waals surface area contributed by atoms with Crippen molar-refractivity contribution in [1.29, 1.82) is 0 Å². The Labute approximate surface area is 52.1 Å². The summed E-state index contributed by atoms with van der Waals surface area (Å²) >= 11 is -0.899. The molecule has 1 N–H and O–H groups in total. The minimum atomic E-state index is -0.531. The average molecular weight is 277 g/mol. The van der Waals surface area contributed by atoms with Crippen LogP contribution in [0.3, 0.4) is 0 Å². The van der Waals surface area contributed by atoms with Gasteiger partial charge in [-0.05, 0) is 0 Å². The number of hydrogen-bond donors (Lipinski definition) is 1. The van der Waals surface area contributed by atoms with Crippen molar-refractivity contribution in [3.8, 4) is 0 Å². The zero-order chi connectivity index (χ0) is 4.99. The van der Waals surface area contributed by atoms with Crippen LogP contribution in [0.25, 0.3) is 0 Å². The van der Waals surface area contributed by atoms with Crippen molar-refractivity contribution < 1.29 is 9.90 Å². The molecule has 0 aliphatic carbocycles. The van der Waals surface area contributed by atoms with E-state index in [1.807, 2.05) is 0 Å². The van der Waals surface area contributed by atoms with Crippen LogP contribution in [0, 0.1) is 0 Å². The molecule has 2 atom stereocenters. The van der Waals surface area contributed by atoms with Crippen molar-refractivity contribution in [3.05, 3.63) is 0 Å². The molecule has 0 aromatic carbocycles. The fourth-order valence-corrected chi connectivity index (χ4v) is 6.46. The maximum absolute atomic E-state index is 9.68. The predicted molar refractivity (Wildman–Crippen MR) is 32.0 cm³/mol. The van der Waals surface area contributed by atoms with Gasteiger partial charge in [0.15, 0.2) is 0 Å². The van der Waals surface area contributed by atoms with Crippen molar-refractivity contribution in [2.75, 3.05) is 0 Å². The van der Waals surface area contributed by atoms with Gasteiger partial charge in [0.05, 0.1) is 0 Å². The molecule has 0 bridgehead atoms. The van der Waals surface area contributed by atoms with Gasteiger partial charge in [0, 0.05) is 0 Å². The van der Waals surface area contributed by atoms with Crippen molar-refractivity contribution in [2.45, 2.75) is 0 Å². The van der Waals surface area contributed by atoms with E-state index in [4.69, 9.17) is 5.11 Å². The molecule has 0 amide bonds. The molecule has 0 aliphatic heterocycles. The number of carboxylic acid groups (broad SMARTS) is 1. The van der Waals surface area contributed by atoms with Crippen LogP contribution in [0.2, 0.25) is 0 Å². The van der Waals surface area contributed by atoms with Gasteiger partial charge < -0.3 is 0 Å². The Balaban J connectivity index is 2.83. The van der Waals surface area contributed by atoms with Crippen LogP contribution < -0.4 is 0 Å². The van der Waals surface area contributed by atoms with Crippen LogP contribution in [0.1, 0.15) is 0 Å². The average Bonchev–Trinajstić information content (AvgIpc) is 1.35. The first-order chi connectivity index (χ1) is 2.77. The van der Waals surface area contributed by atoms with Gasteiger partial charge in [0.1, 0.15) is 0 Å². The summed E-state index contributed by atoms with van der Waals surface area (Å²) in [4.78, 5) is 9.68. The molecular formula is CH5AsO2PSb. The summed E-state index contributed by atoms with van der Waals surface area (Å²) in [6, 6.07) is 0. The van der Waals surface area contributed by atoms with E-state index >= 15 is 0 Å².